The van der Waals surface area contributed by atoms with Crippen LogP contribution in [0.3, 0.4) is 0 Å². The number of carbonyl (C=O) groups excluding carboxylic acids is 2. The van der Waals surface area contributed by atoms with Gasteiger partial charge in [-0.15, -0.1) is 0 Å². The molecule has 2 rings (SSSR count). The van der Waals surface area contributed by atoms with Gasteiger partial charge < -0.3 is 9.47 Å². The van der Waals surface area contributed by atoms with E-state index >= 15 is 0 Å². The van der Waals surface area contributed by atoms with Gasteiger partial charge in [0.2, 0.25) is 0 Å². The average molecular weight is 335 g/mol. The van der Waals surface area contributed by atoms with Gasteiger partial charge in [-0.1, -0.05) is 23.7 Å². The first-order chi connectivity index (χ1) is 10.9. The fourth-order valence-electron chi connectivity index (χ4n) is 1.68. The second-order valence-electron chi connectivity index (χ2n) is 4.49. The van der Waals surface area contributed by atoms with E-state index in [9.17, 15) is 14.0 Å². The zero-order chi connectivity index (χ0) is 16.8. The molecule has 0 amide bonds. The minimum absolute atomic E-state index is 0.0116. The highest BCUT2D eigenvalue weighted by Gasteiger charge is 2.06. The van der Waals surface area contributed by atoms with Crippen molar-refractivity contribution in [1.82, 2.24) is 0 Å². The van der Waals surface area contributed by atoms with E-state index in [4.69, 9.17) is 21.1 Å². The van der Waals surface area contributed by atoms with Crippen LogP contribution in [0.25, 0.3) is 6.08 Å². The monoisotopic (exact) mass is 334 g/mol. The van der Waals surface area contributed by atoms with Crippen LogP contribution in [0.5, 0.6) is 11.5 Å². The van der Waals surface area contributed by atoms with Crippen molar-refractivity contribution in [2.24, 2.45) is 0 Å². The number of esters is 2. The van der Waals surface area contributed by atoms with E-state index in [1.165, 1.54) is 25.1 Å². The van der Waals surface area contributed by atoms with Gasteiger partial charge in [-0.25, -0.2) is 9.18 Å². The van der Waals surface area contributed by atoms with Crippen molar-refractivity contribution < 1.29 is 23.5 Å². The Balaban J connectivity index is 1.99. The number of halogens is 2. The van der Waals surface area contributed by atoms with Gasteiger partial charge in [0.15, 0.2) is 0 Å². The number of hydrogen-bond donors (Lipinski definition) is 0. The summed E-state index contributed by atoms with van der Waals surface area (Å²) < 4.78 is 22.8. The Morgan fingerprint density at radius 2 is 1.78 bits per heavy atom. The van der Waals surface area contributed by atoms with E-state index in [0.29, 0.717) is 11.3 Å². The smallest absolute Gasteiger partial charge is 0.336 e. The van der Waals surface area contributed by atoms with E-state index < -0.39 is 17.8 Å². The number of rotatable bonds is 4. The molecule has 6 heteroatoms. The third kappa shape index (κ3) is 5.23. The zero-order valence-corrected chi connectivity index (χ0v) is 12.8. The summed E-state index contributed by atoms with van der Waals surface area (Å²) in [4.78, 5) is 22.5. The molecular formula is C17H12ClFO4. The Hall–Kier alpha value is -2.66. The molecule has 0 atom stereocenters. The standard InChI is InChI=1S/C17H12ClFO4/c1-11(20)22-14-6-2-12(3-7-14)4-9-17(21)23-16-8-5-13(19)10-15(16)18/h2-10H,1H3/b9-4+. The van der Waals surface area contributed by atoms with Crippen molar-refractivity contribution in [2.45, 2.75) is 6.92 Å². The van der Waals surface area contributed by atoms with Crippen molar-refractivity contribution in [3.8, 4) is 11.5 Å². The van der Waals surface area contributed by atoms with Gasteiger partial charge in [0.05, 0.1) is 5.02 Å². The summed E-state index contributed by atoms with van der Waals surface area (Å²) in [7, 11) is 0. The van der Waals surface area contributed by atoms with Gasteiger partial charge in [-0.05, 0) is 42.0 Å². The van der Waals surface area contributed by atoms with Crippen LogP contribution in [0.15, 0.2) is 48.5 Å². The fourth-order valence-corrected chi connectivity index (χ4v) is 1.88. The highest BCUT2D eigenvalue weighted by Crippen LogP contribution is 2.25. The predicted octanol–water partition coefficient (Wildman–Crippen LogP) is 4.02. The summed E-state index contributed by atoms with van der Waals surface area (Å²) >= 11 is 5.77. The van der Waals surface area contributed by atoms with Crippen LogP contribution < -0.4 is 9.47 Å². The molecule has 0 bridgehead atoms. The predicted molar refractivity (Wildman–Crippen MR) is 83.8 cm³/mol. The van der Waals surface area contributed by atoms with Crippen molar-refractivity contribution in [3.63, 3.8) is 0 Å². The SMILES string of the molecule is CC(=O)Oc1ccc(/C=C/C(=O)Oc2ccc(F)cc2Cl)cc1. The molecule has 23 heavy (non-hydrogen) atoms. The lowest BCUT2D eigenvalue weighted by atomic mass is 10.2. The van der Waals surface area contributed by atoms with Gasteiger partial charge in [-0.3, -0.25) is 4.79 Å². The number of ether oxygens (including phenoxy) is 2. The molecule has 0 saturated carbocycles. The van der Waals surface area contributed by atoms with E-state index in [2.05, 4.69) is 0 Å². The molecule has 0 fully saturated rings. The summed E-state index contributed by atoms with van der Waals surface area (Å²) in [5, 5.41) is 0.0116. The summed E-state index contributed by atoms with van der Waals surface area (Å²) in [6.07, 6.45) is 2.73. The topological polar surface area (TPSA) is 52.6 Å². The number of hydrogen-bond acceptors (Lipinski definition) is 4. The molecule has 2 aromatic rings. The van der Waals surface area contributed by atoms with Crippen molar-refractivity contribution >= 4 is 29.6 Å². The van der Waals surface area contributed by atoms with E-state index in [-0.39, 0.29) is 10.8 Å². The highest BCUT2D eigenvalue weighted by molar-refractivity contribution is 6.32. The highest BCUT2D eigenvalue weighted by atomic mass is 35.5. The summed E-state index contributed by atoms with van der Waals surface area (Å²) in [5.41, 5.74) is 0.711. The third-order valence-electron chi connectivity index (χ3n) is 2.66. The fraction of sp³-hybridized carbons (Fsp3) is 0.0588. The van der Waals surface area contributed by atoms with Gasteiger partial charge in [0, 0.05) is 13.0 Å². The lowest BCUT2D eigenvalue weighted by Crippen LogP contribution is -2.04. The maximum Gasteiger partial charge on any atom is 0.336 e. The van der Waals surface area contributed by atoms with Crippen LogP contribution in [0, 0.1) is 5.82 Å². The summed E-state index contributed by atoms with van der Waals surface area (Å²) in [5.74, 6) is -1.09. The van der Waals surface area contributed by atoms with Crippen molar-refractivity contribution in [1.29, 1.82) is 0 Å². The normalized spacial score (nSPS) is 10.6. The Kier molecular flexibility index (Phi) is 5.49. The Morgan fingerprint density at radius 1 is 1.09 bits per heavy atom. The van der Waals surface area contributed by atoms with Crippen LogP contribution in [0.2, 0.25) is 5.02 Å². The molecular weight excluding hydrogens is 323 g/mol. The number of carbonyl (C=O) groups is 2. The molecule has 0 radical (unpaired) electrons. The van der Waals surface area contributed by atoms with Gasteiger partial charge >= 0.3 is 11.9 Å². The lowest BCUT2D eigenvalue weighted by Gasteiger charge is -2.03. The molecule has 0 aliphatic carbocycles. The molecule has 0 N–H and O–H groups in total. The molecule has 4 nitrogen and oxygen atoms in total. The van der Waals surface area contributed by atoms with Crippen LogP contribution in [-0.4, -0.2) is 11.9 Å². The molecule has 0 aliphatic heterocycles. The largest absolute Gasteiger partial charge is 0.427 e. The van der Waals surface area contributed by atoms with E-state index in [1.807, 2.05) is 0 Å². The second-order valence-corrected chi connectivity index (χ2v) is 4.90. The maximum atomic E-state index is 12.9. The molecule has 0 aromatic heterocycles. The average Bonchev–Trinajstić information content (AvgIpc) is 2.49. The Morgan fingerprint density at radius 3 is 2.39 bits per heavy atom. The van der Waals surface area contributed by atoms with E-state index in [1.54, 1.807) is 24.3 Å². The van der Waals surface area contributed by atoms with Crippen LogP contribution in [0.4, 0.5) is 4.39 Å². The van der Waals surface area contributed by atoms with Crippen molar-refractivity contribution in [3.05, 3.63) is 64.9 Å². The van der Waals surface area contributed by atoms with Crippen LogP contribution >= 0.6 is 11.6 Å². The third-order valence-corrected chi connectivity index (χ3v) is 2.95. The minimum atomic E-state index is -0.650. The van der Waals surface area contributed by atoms with Crippen LogP contribution in [-0.2, 0) is 9.59 Å². The molecule has 0 unspecified atom stereocenters. The molecule has 0 heterocycles. The molecule has 2 aromatic carbocycles. The Bertz CT molecular complexity index is 754. The van der Waals surface area contributed by atoms with Gasteiger partial charge in [0.1, 0.15) is 17.3 Å². The second kappa shape index (κ2) is 7.56. The van der Waals surface area contributed by atoms with Gasteiger partial charge in [0.25, 0.3) is 0 Å². The Labute approximate surface area is 137 Å². The molecule has 0 aliphatic rings. The van der Waals surface area contributed by atoms with Crippen LogP contribution in [0.1, 0.15) is 12.5 Å². The first-order valence-corrected chi connectivity index (χ1v) is 6.95. The molecule has 118 valence electrons. The molecule has 0 saturated heterocycles. The molecule has 0 spiro atoms. The van der Waals surface area contributed by atoms with Gasteiger partial charge in [-0.2, -0.15) is 0 Å². The summed E-state index contributed by atoms with van der Waals surface area (Å²) in [6.45, 7) is 1.31. The number of benzene rings is 2. The quantitative estimate of drug-likeness (QED) is 0.481. The minimum Gasteiger partial charge on any atom is -0.427 e. The van der Waals surface area contributed by atoms with Crippen molar-refractivity contribution in [2.75, 3.05) is 0 Å². The summed E-state index contributed by atoms with van der Waals surface area (Å²) in [6, 6.07) is 10.0. The lowest BCUT2D eigenvalue weighted by molar-refractivity contribution is -0.132. The maximum absolute atomic E-state index is 12.9. The van der Waals surface area contributed by atoms with E-state index in [0.717, 1.165) is 12.1 Å². The first kappa shape index (κ1) is 16.7. The first-order valence-electron chi connectivity index (χ1n) is 6.57. The zero-order valence-electron chi connectivity index (χ0n) is 12.1.